The zero-order valence-corrected chi connectivity index (χ0v) is 21.5. The van der Waals surface area contributed by atoms with E-state index in [1.54, 1.807) is 0 Å². The summed E-state index contributed by atoms with van der Waals surface area (Å²) in [5.41, 5.74) is -8.82. The number of halogens is 12. The number of hydrogen-bond donors (Lipinski definition) is 1. The summed E-state index contributed by atoms with van der Waals surface area (Å²) in [6, 6.07) is 0.926. The molecule has 0 spiro atoms. The lowest BCUT2D eigenvalue weighted by Gasteiger charge is -2.31. The van der Waals surface area contributed by atoms with Gasteiger partial charge in [0.15, 0.2) is 5.75 Å². The monoisotopic (exact) mass is 668 g/mol. The third kappa shape index (κ3) is 5.84. The van der Waals surface area contributed by atoms with Gasteiger partial charge in [-0.1, -0.05) is 11.6 Å². The molecular formula is C22H12BrClF10N4O2. The molecule has 4 rings (SSSR count). The van der Waals surface area contributed by atoms with Gasteiger partial charge in [-0.05, 0) is 47.0 Å². The van der Waals surface area contributed by atoms with Gasteiger partial charge < -0.3 is 10.1 Å². The summed E-state index contributed by atoms with van der Waals surface area (Å²) in [4.78, 5) is 16.3. The SMILES string of the molecule is O=C(NC1CC1)c1cc(-c2cnn(-c3c(Br)cc(C(F)(C(F)(F)F)C(F)(F)F)cc3OC(F)(F)F)c2)cnc1Cl. The van der Waals surface area contributed by atoms with Crippen LogP contribution in [0.5, 0.6) is 5.75 Å². The number of carbonyl (C=O) groups excluding carboxylic acids is 1. The minimum absolute atomic E-state index is 0.0189. The van der Waals surface area contributed by atoms with E-state index in [9.17, 15) is 48.7 Å². The fraction of sp³-hybridized carbons (Fsp3) is 0.318. The first-order chi connectivity index (χ1) is 18.3. The van der Waals surface area contributed by atoms with Gasteiger partial charge in [0.05, 0.1) is 11.8 Å². The van der Waals surface area contributed by atoms with Crippen molar-refractivity contribution in [2.24, 2.45) is 0 Å². The van der Waals surface area contributed by atoms with Crippen molar-refractivity contribution in [2.75, 3.05) is 0 Å². The molecule has 1 aliphatic carbocycles. The van der Waals surface area contributed by atoms with E-state index in [4.69, 9.17) is 11.6 Å². The number of nitrogens with one attached hydrogen (secondary N) is 1. The fourth-order valence-corrected chi connectivity index (χ4v) is 4.35. The largest absolute Gasteiger partial charge is 0.573 e. The number of nitrogens with zero attached hydrogens (tertiary/aromatic N) is 3. The Morgan fingerprint density at radius 3 is 2.15 bits per heavy atom. The summed E-state index contributed by atoms with van der Waals surface area (Å²) in [6.07, 6.45) is -14.0. The number of aromatic nitrogens is 3. The molecule has 216 valence electrons. The van der Waals surface area contributed by atoms with Crippen LogP contribution in [0.1, 0.15) is 28.8 Å². The first kappa shape index (κ1) is 29.9. The van der Waals surface area contributed by atoms with Crippen molar-refractivity contribution in [1.82, 2.24) is 20.1 Å². The van der Waals surface area contributed by atoms with E-state index >= 15 is 0 Å². The summed E-state index contributed by atoms with van der Waals surface area (Å²) in [6.45, 7) is 0. The van der Waals surface area contributed by atoms with Crippen molar-refractivity contribution in [2.45, 2.75) is 43.3 Å². The van der Waals surface area contributed by atoms with Gasteiger partial charge in [-0.15, -0.1) is 13.2 Å². The van der Waals surface area contributed by atoms with E-state index in [-0.39, 0.29) is 40.0 Å². The Kier molecular flexibility index (Phi) is 7.53. The van der Waals surface area contributed by atoms with Gasteiger partial charge in [0.1, 0.15) is 10.8 Å². The highest BCUT2D eigenvalue weighted by Gasteiger charge is 2.73. The highest BCUT2D eigenvalue weighted by atomic mass is 79.9. The van der Waals surface area contributed by atoms with Gasteiger partial charge in [-0.3, -0.25) is 4.79 Å². The van der Waals surface area contributed by atoms with Crippen LogP contribution in [-0.4, -0.2) is 45.4 Å². The molecule has 0 radical (unpaired) electrons. The molecule has 6 nitrogen and oxygen atoms in total. The highest BCUT2D eigenvalue weighted by Crippen LogP contribution is 2.55. The van der Waals surface area contributed by atoms with Crippen molar-refractivity contribution in [1.29, 1.82) is 0 Å². The van der Waals surface area contributed by atoms with E-state index in [1.165, 1.54) is 12.3 Å². The smallest absolute Gasteiger partial charge is 0.403 e. The molecule has 0 aliphatic heterocycles. The summed E-state index contributed by atoms with van der Waals surface area (Å²) < 4.78 is 137. The lowest BCUT2D eigenvalue weighted by atomic mass is 9.93. The fourth-order valence-electron chi connectivity index (χ4n) is 3.54. The maximum atomic E-state index is 14.6. The van der Waals surface area contributed by atoms with Crippen LogP contribution in [0.25, 0.3) is 16.8 Å². The molecule has 18 heteroatoms. The van der Waals surface area contributed by atoms with Crippen molar-refractivity contribution in [3.05, 3.63) is 57.5 Å². The summed E-state index contributed by atoms with van der Waals surface area (Å²) in [5.74, 6) is -2.17. The zero-order valence-electron chi connectivity index (χ0n) is 19.1. The number of carbonyl (C=O) groups is 1. The normalized spacial score (nSPS) is 14.8. The number of hydrogen-bond acceptors (Lipinski definition) is 4. The van der Waals surface area contributed by atoms with Gasteiger partial charge in [0, 0.05) is 39.6 Å². The molecule has 40 heavy (non-hydrogen) atoms. The first-order valence-corrected chi connectivity index (χ1v) is 11.9. The van der Waals surface area contributed by atoms with Crippen molar-refractivity contribution >= 4 is 33.4 Å². The predicted octanol–water partition coefficient (Wildman–Crippen LogP) is 7.43. The van der Waals surface area contributed by atoms with E-state index in [1.807, 2.05) is 0 Å². The second kappa shape index (κ2) is 10.1. The molecule has 1 fully saturated rings. The number of benzene rings is 1. The molecule has 1 N–H and O–H groups in total. The predicted molar refractivity (Wildman–Crippen MR) is 122 cm³/mol. The van der Waals surface area contributed by atoms with Gasteiger partial charge in [-0.2, -0.15) is 31.4 Å². The third-order valence-electron chi connectivity index (χ3n) is 5.57. The molecule has 0 atom stereocenters. The summed E-state index contributed by atoms with van der Waals surface area (Å²) in [7, 11) is 0. The quantitative estimate of drug-likeness (QED) is 0.219. The minimum Gasteiger partial charge on any atom is -0.403 e. The lowest BCUT2D eigenvalue weighted by molar-refractivity contribution is -0.348. The van der Waals surface area contributed by atoms with Gasteiger partial charge in [0.2, 0.25) is 0 Å². The zero-order chi connectivity index (χ0) is 29.8. The van der Waals surface area contributed by atoms with E-state index < -0.39 is 51.8 Å². The molecule has 2 aromatic heterocycles. The average molecular weight is 670 g/mol. The Balaban J connectivity index is 1.81. The molecule has 2 heterocycles. The van der Waals surface area contributed by atoms with Crippen LogP contribution in [0, 0.1) is 0 Å². The van der Waals surface area contributed by atoms with E-state index in [2.05, 4.69) is 36.1 Å². The number of amides is 1. The van der Waals surface area contributed by atoms with Crippen molar-refractivity contribution in [3.8, 4) is 22.6 Å². The maximum absolute atomic E-state index is 14.6. The second-order valence-corrected chi connectivity index (χ2v) is 9.70. The molecule has 1 aromatic carbocycles. The van der Waals surface area contributed by atoms with Crippen LogP contribution in [0.15, 0.2) is 41.3 Å². The molecule has 3 aromatic rings. The summed E-state index contributed by atoms with van der Waals surface area (Å²) in [5, 5.41) is 6.34. The topological polar surface area (TPSA) is 69.0 Å². The molecule has 1 saturated carbocycles. The third-order valence-corrected chi connectivity index (χ3v) is 6.48. The minimum atomic E-state index is -6.59. The van der Waals surface area contributed by atoms with Gasteiger partial charge >= 0.3 is 24.4 Å². The molecular weight excluding hydrogens is 658 g/mol. The van der Waals surface area contributed by atoms with Crippen LogP contribution in [0.4, 0.5) is 43.9 Å². The average Bonchev–Trinajstić information content (AvgIpc) is 3.48. The summed E-state index contributed by atoms with van der Waals surface area (Å²) >= 11 is 8.60. The lowest BCUT2D eigenvalue weighted by Crippen LogP contribution is -2.50. The van der Waals surface area contributed by atoms with E-state index in [0.717, 1.165) is 25.2 Å². The van der Waals surface area contributed by atoms with Crippen LogP contribution in [0.2, 0.25) is 5.15 Å². The Labute approximate surface area is 230 Å². The van der Waals surface area contributed by atoms with Crippen molar-refractivity contribution in [3.63, 3.8) is 0 Å². The number of rotatable bonds is 6. The van der Waals surface area contributed by atoms with Crippen LogP contribution < -0.4 is 10.1 Å². The number of pyridine rings is 1. The standard InChI is InChI=1S/C22H12BrClF10N4O2/c23-14-4-11(19(25,20(26,27)28)21(29,30)31)5-15(40-22(32,33)34)16(14)38-8-10(7-36-38)9-3-13(17(24)35-6-9)18(39)37-12-1-2-12/h3-8,12H,1-2H2,(H,37,39). The Morgan fingerprint density at radius 1 is 0.975 bits per heavy atom. The Bertz CT molecular complexity index is 1440. The second-order valence-electron chi connectivity index (χ2n) is 8.49. The molecule has 0 bridgehead atoms. The van der Waals surface area contributed by atoms with Gasteiger partial charge in [-0.25, -0.2) is 14.1 Å². The molecule has 0 unspecified atom stereocenters. The molecule has 1 aliphatic rings. The maximum Gasteiger partial charge on any atom is 0.573 e. The van der Waals surface area contributed by atoms with E-state index in [0.29, 0.717) is 4.68 Å². The Hall–Kier alpha value is -3.08. The van der Waals surface area contributed by atoms with Crippen molar-refractivity contribution < 1.29 is 53.4 Å². The highest BCUT2D eigenvalue weighted by molar-refractivity contribution is 9.10. The van der Waals surface area contributed by atoms with Gasteiger partial charge in [0.25, 0.3) is 5.91 Å². The molecule has 0 saturated heterocycles. The van der Waals surface area contributed by atoms with Crippen LogP contribution >= 0.6 is 27.5 Å². The first-order valence-electron chi connectivity index (χ1n) is 10.8. The molecule has 1 amide bonds. The van der Waals surface area contributed by atoms with Crippen LogP contribution in [-0.2, 0) is 5.67 Å². The number of alkyl halides is 10. The number of ether oxygens (including phenoxy) is 1. The van der Waals surface area contributed by atoms with Crippen LogP contribution in [0.3, 0.4) is 0 Å². The Morgan fingerprint density at radius 2 is 1.60 bits per heavy atom.